The second-order valence-corrected chi connectivity index (χ2v) is 5.85. The lowest BCUT2D eigenvalue weighted by molar-refractivity contribution is -0.115. The first-order chi connectivity index (χ1) is 11.7. The maximum absolute atomic E-state index is 13.6. The molecule has 0 radical (unpaired) electrons. The van der Waals surface area contributed by atoms with Crippen molar-refractivity contribution < 1.29 is 22.4 Å². The summed E-state index contributed by atoms with van der Waals surface area (Å²) in [6.07, 6.45) is 0.0811. The van der Waals surface area contributed by atoms with Gasteiger partial charge in [0, 0.05) is 6.07 Å². The van der Waals surface area contributed by atoms with Crippen LogP contribution in [0.3, 0.4) is 0 Å². The lowest BCUT2D eigenvalue weighted by Gasteiger charge is -2.15. The van der Waals surface area contributed by atoms with E-state index in [0.29, 0.717) is 11.8 Å². The van der Waals surface area contributed by atoms with Gasteiger partial charge >= 0.3 is 5.69 Å². The summed E-state index contributed by atoms with van der Waals surface area (Å²) in [4.78, 5) is 36.5. The Morgan fingerprint density at radius 2 is 1.84 bits per heavy atom. The topological polar surface area (TPSA) is 108 Å². The number of carbonyl (C=O) groups is 1. The molecule has 0 aliphatic heterocycles. The molecule has 1 aromatic heterocycles. The molecule has 2 rings (SSSR count). The Labute approximate surface area is 140 Å². The minimum atomic E-state index is -1.76. The van der Waals surface area contributed by atoms with Crippen LogP contribution in [0.4, 0.5) is 23.2 Å². The highest BCUT2D eigenvalue weighted by atomic mass is 32.2. The summed E-state index contributed by atoms with van der Waals surface area (Å²) in [7, 11) is 0. The molecule has 0 aliphatic rings. The molecule has 1 unspecified atom stereocenters. The zero-order chi connectivity index (χ0) is 18.7. The van der Waals surface area contributed by atoms with E-state index in [2.05, 4.69) is 5.10 Å². The van der Waals surface area contributed by atoms with Gasteiger partial charge in [-0.05, 0) is 6.42 Å². The number of aromatic nitrogens is 3. The molecule has 0 bridgehead atoms. The molecule has 0 spiro atoms. The van der Waals surface area contributed by atoms with Crippen LogP contribution in [0.25, 0.3) is 0 Å². The Hall–Kier alpha value is -2.63. The number of anilines is 1. The van der Waals surface area contributed by atoms with Gasteiger partial charge < -0.3 is 5.32 Å². The highest BCUT2D eigenvalue weighted by Gasteiger charge is 2.25. The Kier molecular flexibility index (Phi) is 5.62. The van der Waals surface area contributed by atoms with Gasteiger partial charge in [-0.3, -0.25) is 14.6 Å². The fourth-order valence-corrected chi connectivity index (χ4v) is 2.62. The number of nitrogens with one attached hydrogen (secondary N) is 3. The molecule has 3 N–H and O–H groups in total. The largest absolute Gasteiger partial charge is 0.342 e. The lowest BCUT2D eigenvalue weighted by Crippen LogP contribution is -2.29. The monoisotopic (exact) mass is 378 g/mol. The van der Waals surface area contributed by atoms with E-state index in [-0.39, 0.29) is 17.5 Å². The molecule has 0 saturated heterocycles. The number of amides is 1. The third-order valence-corrected chi connectivity index (χ3v) is 4.29. The number of thioether (sulfide) groups is 1. The molecule has 134 valence electrons. The molecule has 1 amide bonds. The zero-order valence-corrected chi connectivity index (χ0v) is 13.3. The van der Waals surface area contributed by atoms with E-state index in [1.807, 2.05) is 10.1 Å². The van der Waals surface area contributed by atoms with Crippen LogP contribution in [0.2, 0.25) is 0 Å². The van der Waals surface area contributed by atoms with Crippen molar-refractivity contribution in [3.63, 3.8) is 0 Å². The molecular formula is C13H10F4N4O3S. The number of hydrogen-bond acceptors (Lipinski definition) is 5. The number of aromatic amines is 2. The molecule has 7 nitrogen and oxygen atoms in total. The molecule has 25 heavy (non-hydrogen) atoms. The fraction of sp³-hybridized carbons (Fsp3) is 0.231. The van der Waals surface area contributed by atoms with E-state index >= 15 is 0 Å². The van der Waals surface area contributed by atoms with E-state index in [1.54, 1.807) is 5.32 Å². The predicted molar refractivity (Wildman–Crippen MR) is 80.3 cm³/mol. The number of hydrogen-bond donors (Lipinski definition) is 3. The molecule has 0 saturated carbocycles. The van der Waals surface area contributed by atoms with Gasteiger partial charge in [0.05, 0.1) is 5.25 Å². The van der Waals surface area contributed by atoms with Gasteiger partial charge in [-0.2, -0.15) is 5.10 Å². The second-order valence-electron chi connectivity index (χ2n) is 4.66. The molecular weight excluding hydrogens is 368 g/mol. The van der Waals surface area contributed by atoms with E-state index in [9.17, 15) is 31.9 Å². The van der Waals surface area contributed by atoms with Crippen molar-refractivity contribution in [3.05, 3.63) is 50.2 Å². The van der Waals surface area contributed by atoms with Crippen LogP contribution in [-0.4, -0.2) is 26.3 Å². The number of H-pyrrole nitrogens is 2. The lowest BCUT2D eigenvalue weighted by atomic mass is 10.2. The maximum atomic E-state index is 13.6. The first kappa shape index (κ1) is 18.7. The third-order valence-electron chi connectivity index (χ3n) is 2.96. The van der Waals surface area contributed by atoms with Crippen molar-refractivity contribution in [2.45, 2.75) is 23.6 Å². The van der Waals surface area contributed by atoms with Crippen molar-refractivity contribution >= 4 is 23.4 Å². The van der Waals surface area contributed by atoms with Crippen LogP contribution in [-0.2, 0) is 4.79 Å². The number of carbonyl (C=O) groups excluding carboxylic acids is 1. The fourth-order valence-electron chi connectivity index (χ4n) is 1.76. The molecule has 0 fully saturated rings. The van der Waals surface area contributed by atoms with Crippen LogP contribution < -0.4 is 16.6 Å². The normalized spacial score (nSPS) is 12.0. The third kappa shape index (κ3) is 4.07. The van der Waals surface area contributed by atoms with Crippen LogP contribution >= 0.6 is 11.8 Å². The predicted octanol–water partition coefficient (Wildman–Crippen LogP) is 1.52. The van der Waals surface area contributed by atoms with Gasteiger partial charge in [-0.25, -0.2) is 27.5 Å². The molecule has 1 heterocycles. The van der Waals surface area contributed by atoms with Gasteiger partial charge in [0.25, 0.3) is 5.56 Å². The molecule has 1 atom stereocenters. The smallest absolute Gasteiger partial charge is 0.320 e. The summed E-state index contributed by atoms with van der Waals surface area (Å²) in [5, 5.41) is 5.82. The number of nitrogens with zero attached hydrogens (tertiary/aromatic N) is 1. The van der Waals surface area contributed by atoms with Crippen LogP contribution in [0, 0.1) is 23.3 Å². The summed E-state index contributed by atoms with van der Waals surface area (Å²) in [6, 6.07) is 0.0101. The SMILES string of the molecule is CCC(Sc1n[nH]c(=O)[nH]c1=O)C(=O)Nc1c(F)c(F)cc(F)c1F. The summed E-state index contributed by atoms with van der Waals surface area (Å²) in [5.74, 6) is -7.87. The van der Waals surface area contributed by atoms with Crippen LogP contribution in [0.15, 0.2) is 20.7 Å². The Balaban J connectivity index is 2.27. The van der Waals surface area contributed by atoms with Crippen molar-refractivity contribution in [3.8, 4) is 0 Å². The van der Waals surface area contributed by atoms with Crippen molar-refractivity contribution in [2.75, 3.05) is 5.32 Å². The first-order valence-electron chi connectivity index (χ1n) is 6.74. The molecule has 2 aromatic rings. The molecule has 1 aromatic carbocycles. The van der Waals surface area contributed by atoms with Gasteiger partial charge in [0.15, 0.2) is 28.3 Å². The summed E-state index contributed by atoms with van der Waals surface area (Å²) < 4.78 is 53.5. The minimum absolute atomic E-state index is 0.0101. The van der Waals surface area contributed by atoms with Crippen LogP contribution in [0.1, 0.15) is 13.3 Å². The highest BCUT2D eigenvalue weighted by molar-refractivity contribution is 8.00. The number of halogens is 4. The zero-order valence-electron chi connectivity index (χ0n) is 12.5. The minimum Gasteiger partial charge on any atom is -0.320 e. The summed E-state index contributed by atoms with van der Waals surface area (Å²) >= 11 is 0.602. The van der Waals surface area contributed by atoms with Gasteiger partial charge in [0.2, 0.25) is 5.91 Å². The summed E-state index contributed by atoms with van der Waals surface area (Å²) in [5.41, 5.74) is -3.00. The van der Waals surface area contributed by atoms with Crippen molar-refractivity contribution in [2.24, 2.45) is 0 Å². The Morgan fingerprint density at radius 3 is 2.36 bits per heavy atom. The van der Waals surface area contributed by atoms with E-state index in [0.717, 1.165) is 0 Å². The van der Waals surface area contributed by atoms with Crippen molar-refractivity contribution in [1.29, 1.82) is 0 Å². The Bertz CT molecular complexity index is 904. The number of rotatable bonds is 5. The average Bonchev–Trinajstić information content (AvgIpc) is 2.56. The van der Waals surface area contributed by atoms with Gasteiger partial charge in [-0.15, -0.1) is 0 Å². The standard InChI is InChI=1S/C13H10F4N4O3S/c1-2-6(25-12-11(23)19-13(24)21-20-12)10(22)18-9-7(16)4(14)3-5(15)8(9)17/h3,6H,2H2,1H3,(H,18,22)(H2,19,21,23,24). The maximum Gasteiger partial charge on any atom is 0.342 e. The molecule has 0 aliphatic carbocycles. The first-order valence-corrected chi connectivity index (χ1v) is 7.62. The van der Waals surface area contributed by atoms with Crippen LogP contribution in [0.5, 0.6) is 0 Å². The van der Waals surface area contributed by atoms with Gasteiger partial charge in [0.1, 0.15) is 5.69 Å². The second kappa shape index (κ2) is 7.51. The summed E-state index contributed by atoms with van der Waals surface area (Å²) in [6.45, 7) is 1.52. The van der Waals surface area contributed by atoms with E-state index in [1.165, 1.54) is 6.92 Å². The molecule has 12 heteroatoms. The van der Waals surface area contributed by atoms with E-state index in [4.69, 9.17) is 0 Å². The quantitative estimate of drug-likeness (QED) is 0.415. The Morgan fingerprint density at radius 1 is 1.24 bits per heavy atom. The number of benzene rings is 1. The van der Waals surface area contributed by atoms with Gasteiger partial charge in [-0.1, -0.05) is 18.7 Å². The van der Waals surface area contributed by atoms with E-state index < -0.39 is 51.4 Å². The average molecular weight is 378 g/mol. The highest BCUT2D eigenvalue weighted by Crippen LogP contribution is 2.27. The van der Waals surface area contributed by atoms with Crippen molar-refractivity contribution in [1.82, 2.24) is 15.2 Å².